The summed E-state index contributed by atoms with van der Waals surface area (Å²) in [6, 6.07) is 0. The number of halogens is 3. The number of hydrogen-bond donors (Lipinski definition) is 1. The highest BCUT2D eigenvalue weighted by atomic mass is 19.4. The summed E-state index contributed by atoms with van der Waals surface area (Å²) in [4.78, 5) is 11.1. The number of hydrogen-bond acceptors (Lipinski definition) is 3. The largest absolute Gasteiger partial charge is 0.445 e. The van der Waals surface area contributed by atoms with Gasteiger partial charge in [0.1, 0.15) is 12.6 Å². The van der Waals surface area contributed by atoms with E-state index in [-0.39, 0.29) is 11.1 Å². The number of ether oxygens (including phenoxy) is 1. The fraction of sp³-hybridized carbons (Fsp3) is 0.875. The molecule has 88 valence electrons. The minimum Gasteiger partial charge on any atom is -0.445 e. The number of rotatable bonds is 2. The van der Waals surface area contributed by atoms with Crippen molar-refractivity contribution in [1.29, 1.82) is 0 Å². The van der Waals surface area contributed by atoms with Gasteiger partial charge in [0.2, 0.25) is 0 Å². The Morgan fingerprint density at radius 1 is 1.40 bits per heavy atom. The predicted molar refractivity (Wildman–Crippen MR) is 45.7 cm³/mol. The van der Waals surface area contributed by atoms with Crippen LogP contribution in [0.3, 0.4) is 0 Å². The number of alkyl halides is 3. The van der Waals surface area contributed by atoms with Gasteiger partial charge in [-0.3, -0.25) is 0 Å². The molecular formula is C8H13F3N2O2. The molecule has 0 radical (unpaired) electrons. The maximum absolute atomic E-state index is 11.9. The van der Waals surface area contributed by atoms with Crippen molar-refractivity contribution in [3.63, 3.8) is 0 Å². The second-order valence-electron chi connectivity index (χ2n) is 3.53. The maximum Gasteiger partial charge on any atom is 0.424 e. The average molecular weight is 226 g/mol. The minimum atomic E-state index is -4.50. The van der Waals surface area contributed by atoms with Crippen molar-refractivity contribution < 1.29 is 22.7 Å². The Morgan fingerprint density at radius 3 is 2.40 bits per heavy atom. The molecular weight excluding hydrogens is 213 g/mol. The smallest absolute Gasteiger partial charge is 0.424 e. The van der Waals surface area contributed by atoms with Crippen LogP contribution in [-0.2, 0) is 4.74 Å². The first-order valence-corrected chi connectivity index (χ1v) is 4.68. The first-order chi connectivity index (χ1) is 6.88. The van der Waals surface area contributed by atoms with E-state index in [0.717, 1.165) is 12.8 Å². The molecule has 0 unspecified atom stereocenters. The van der Waals surface area contributed by atoms with Crippen molar-refractivity contribution in [2.75, 3.05) is 6.54 Å². The molecule has 0 saturated heterocycles. The third-order valence-corrected chi connectivity index (χ3v) is 2.15. The van der Waals surface area contributed by atoms with Crippen LogP contribution in [-0.4, -0.2) is 29.9 Å². The van der Waals surface area contributed by atoms with Gasteiger partial charge >= 0.3 is 12.3 Å². The molecule has 1 rings (SSSR count). The molecule has 1 amide bonds. The van der Waals surface area contributed by atoms with Crippen LogP contribution < -0.4 is 5.84 Å². The number of carbonyl (C=O) groups is 1. The number of carbonyl (C=O) groups excluding carboxylic acids is 1. The molecule has 1 fully saturated rings. The minimum absolute atomic E-state index is 0.0539. The van der Waals surface area contributed by atoms with Crippen LogP contribution in [0, 0.1) is 0 Å². The number of nitrogens with two attached hydrogens (primary N) is 1. The van der Waals surface area contributed by atoms with E-state index in [9.17, 15) is 18.0 Å². The van der Waals surface area contributed by atoms with Crippen molar-refractivity contribution in [3.05, 3.63) is 0 Å². The van der Waals surface area contributed by atoms with Gasteiger partial charge in [-0.25, -0.2) is 15.6 Å². The molecule has 0 aliphatic heterocycles. The Morgan fingerprint density at radius 2 is 1.93 bits per heavy atom. The molecule has 0 bridgehead atoms. The van der Waals surface area contributed by atoms with Crippen molar-refractivity contribution in [1.82, 2.24) is 5.01 Å². The molecule has 0 aromatic heterocycles. The topological polar surface area (TPSA) is 55.6 Å². The normalized spacial score (nSPS) is 17.9. The fourth-order valence-electron chi connectivity index (χ4n) is 1.47. The predicted octanol–water partition coefficient (Wildman–Crippen LogP) is 1.80. The average Bonchev–Trinajstić information content (AvgIpc) is 2.53. The van der Waals surface area contributed by atoms with Crippen LogP contribution in [0.2, 0.25) is 0 Å². The Hall–Kier alpha value is -0.980. The first kappa shape index (κ1) is 12.1. The molecule has 1 aliphatic carbocycles. The van der Waals surface area contributed by atoms with Crippen LogP contribution in [0.4, 0.5) is 18.0 Å². The van der Waals surface area contributed by atoms with Gasteiger partial charge in [-0.2, -0.15) is 13.2 Å². The van der Waals surface area contributed by atoms with Gasteiger partial charge in [0.25, 0.3) is 0 Å². The molecule has 1 aliphatic rings. The summed E-state index contributed by atoms with van der Waals surface area (Å²) in [5.74, 6) is 4.92. The summed E-state index contributed by atoms with van der Waals surface area (Å²) in [7, 11) is 0. The molecule has 15 heavy (non-hydrogen) atoms. The first-order valence-electron chi connectivity index (χ1n) is 4.68. The third kappa shape index (κ3) is 4.37. The van der Waals surface area contributed by atoms with Crippen LogP contribution >= 0.6 is 0 Å². The molecule has 2 N–H and O–H groups in total. The van der Waals surface area contributed by atoms with Gasteiger partial charge < -0.3 is 4.74 Å². The van der Waals surface area contributed by atoms with Gasteiger partial charge in [0.15, 0.2) is 0 Å². The van der Waals surface area contributed by atoms with Gasteiger partial charge in [-0.05, 0) is 25.7 Å². The van der Waals surface area contributed by atoms with Gasteiger partial charge in [0.05, 0.1) is 0 Å². The molecule has 0 atom stereocenters. The summed E-state index contributed by atoms with van der Waals surface area (Å²) in [5, 5.41) is 0.0539. The zero-order chi connectivity index (χ0) is 11.5. The number of amides is 1. The Labute approximate surface area is 85.1 Å². The summed E-state index contributed by atoms with van der Waals surface area (Å²) in [5.41, 5.74) is 0. The SMILES string of the molecule is NN(CC(F)(F)F)C(=O)OC1CCCC1. The lowest BCUT2D eigenvalue weighted by atomic mass is 10.3. The molecule has 4 nitrogen and oxygen atoms in total. The standard InChI is InChI=1S/C8H13F3N2O2/c9-8(10,11)5-13(12)7(14)15-6-3-1-2-4-6/h6H,1-5,12H2. The van der Waals surface area contributed by atoms with Crippen molar-refractivity contribution in [3.8, 4) is 0 Å². The summed E-state index contributed by atoms with van der Waals surface area (Å²) in [6.45, 7) is -1.49. The highest BCUT2D eigenvalue weighted by Gasteiger charge is 2.33. The van der Waals surface area contributed by atoms with E-state index in [1.807, 2.05) is 0 Å². The number of hydrazine groups is 1. The quantitative estimate of drug-likeness (QED) is 0.443. The maximum atomic E-state index is 11.9. The lowest BCUT2D eigenvalue weighted by Gasteiger charge is -2.20. The Balaban J connectivity index is 2.32. The summed E-state index contributed by atoms with van der Waals surface area (Å²) in [6.07, 6.45) is -2.62. The van der Waals surface area contributed by atoms with Crippen LogP contribution in [0.25, 0.3) is 0 Å². The lowest BCUT2D eigenvalue weighted by Crippen LogP contribution is -2.45. The van der Waals surface area contributed by atoms with Crippen LogP contribution in [0.5, 0.6) is 0 Å². The van der Waals surface area contributed by atoms with Gasteiger partial charge in [-0.15, -0.1) is 0 Å². The van der Waals surface area contributed by atoms with E-state index in [1.165, 1.54) is 0 Å². The molecule has 0 spiro atoms. The van der Waals surface area contributed by atoms with E-state index < -0.39 is 18.8 Å². The fourth-order valence-corrected chi connectivity index (χ4v) is 1.47. The number of nitrogens with zero attached hydrogens (tertiary/aromatic N) is 1. The van der Waals surface area contributed by atoms with E-state index in [1.54, 1.807) is 0 Å². The zero-order valence-electron chi connectivity index (χ0n) is 8.09. The van der Waals surface area contributed by atoms with Gasteiger partial charge in [0, 0.05) is 0 Å². The van der Waals surface area contributed by atoms with Crippen LogP contribution in [0.15, 0.2) is 0 Å². The molecule has 7 heteroatoms. The Kier molecular flexibility index (Phi) is 3.78. The monoisotopic (exact) mass is 226 g/mol. The van der Waals surface area contributed by atoms with E-state index in [0.29, 0.717) is 12.8 Å². The third-order valence-electron chi connectivity index (χ3n) is 2.15. The van der Waals surface area contributed by atoms with E-state index >= 15 is 0 Å². The second-order valence-corrected chi connectivity index (χ2v) is 3.53. The van der Waals surface area contributed by atoms with Crippen molar-refractivity contribution in [2.45, 2.75) is 38.0 Å². The highest BCUT2D eigenvalue weighted by molar-refractivity contribution is 5.67. The highest BCUT2D eigenvalue weighted by Crippen LogP contribution is 2.22. The second kappa shape index (κ2) is 4.69. The summed E-state index contributed by atoms with van der Waals surface area (Å²) >= 11 is 0. The molecule has 0 aromatic carbocycles. The van der Waals surface area contributed by atoms with Crippen LogP contribution in [0.1, 0.15) is 25.7 Å². The van der Waals surface area contributed by atoms with Crippen molar-refractivity contribution in [2.24, 2.45) is 5.84 Å². The van der Waals surface area contributed by atoms with E-state index in [2.05, 4.69) is 0 Å². The molecule has 1 saturated carbocycles. The molecule has 0 aromatic rings. The van der Waals surface area contributed by atoms with E-state index in [4.69, 9.17) is 10.6 Å². The lowest BCUT2D eigenvalue weighted by molar-refractivity contribution is -0.143. The van der Waals surface area contributed by atoms with Gasteiger partial charge in [-0.1, -0.05) is 0 Å². The molecule has 0 heterocycles. The summed E-state index contributed by atoms with van der Waals surface area (Å²) < 4.78 is 40.3. The zero-order valence-corrected chi connectivity index (χ0v) is 8.09. The Bertz CT molecular complexity index is 226. The van der Waals surface area contributed by atoms with Crippen molar-refractivity contribution >= 4 is 6.09 Å².